The third-order valence-corrected chi connectivity index (χ3v) is 7.60. The lowest BCUT2D eigenvalue weighted by molar-refractivity contribution is -0.385. The fourth-order valence-electron chi connectivity index (χ4n) is 4.32. The molecule has 2 atom stereocenters. The van der Waals surface area contributed by atoms with Crippen molar-refractivity contribution < 1.29 is 13.3 Å². The summed E-state index contributed by atoms with van der Waals surface area (Å²) in [5, 5.41) is 19.6. The second-order valence-corrected chi connectivity index (χ2v) is 9.67. The Bertz CT molecular complexity index is 1380. The first-order valence-corrected chi connectivity index (χ1v) is 11.2. The standard InChI is InChI=1S/C19H18N6O4S/c26-25(27)14-2-1-3-15(9-14)30(28,29)11-12-4-5-13(8-12)19-23-22-17-10-21-18-16(24(17)19)6-7-20-18/h1-3,6-7,9-10,12-13,20H,4-5,8,11H2/t12-,13+/m0/s1. The van der Waals surface area contributed by atoms with E-state index in [1.165, 1.54) is 18.2 Å². The van der Waals surface area contributed by atoms with Gasteiger partial charge in [-0.3, -0.25) is 14.5 Å². The number of nitro groups is 1. The molecule has 3 aromatic heterocycles. The van der Waals surface area contributed by atoms with E-state index in [0.717, 1.165) is 35.9 Å². The van der Waals surface area contributed by atoms with Crippen molar-refractivity contribution in [2.75, 3.05) is 5.75 Å². The molecule has 30 heavy (non-hydrogen) atoms. The topological polar surface area (TPSA) is 136 Å². The number of aromatic amines is 1. The maximum absolute atomic E-state index is 12.8. The third-order valence-electron chi connectivity index (χ3n) is 5.72. The van der Waals surface area contributed by atoms with E-state index < -0.39 is 14.8 Å². The molecule has 1 fully saturated rings. The Morgan fingerprint density at radius 2 is 2.10 bits per heavy atom. The van der Waals surface area contributed by atoms with E-state index in [1.54, 1.807) is 6.20 Å². The molecule has 1 aromatic carbocycles. The van der Waals surface area contributed by atoms with Crippen LogP contribution in [0.3, 0.4) is 0 Å². The Kier molecular flexibility index (Phi) is 4.28. The molecule has 154 valence electrons. The molecule has 0 spiro atoms. The summed E-state index contributed by atoms with van der Waals surface area (Å²) in [5.74, 6) is 0.816. The lowest BCUT2D eigenvalue weighted by atomic mass is 10.1. The van der Waals surface area contributed by atoms with E-state index in [4.69, 9.17) is 0 Å². The summed E-state index contributed by atoms with van der Waals surface area (Å²) >= 11 is 0. The fraction of sp³-hybridized carbons (Fsp3) is 0.316. The van der Waals surface area contributed by atoms with Crippen molar-refractivity contribution in [3.05, 3.63) is 58.7 Å². The van der Waals surface area contributed by atoms with Gasteiger partial charge in [-0.25, -0.2) is 13.4 Å². The number of non-ortho nitro benzene ring substituents is 1. The molecular formula is C19H18N6O4S. The summed E-state index contributed by atoms with van der Waals surface area (Å²) in [6.45, 7) is 0. The first kappa shape index (κ1) is 18.7. The number of hydrogen-bond donors (Lipinski definition) is 1. The smallest absolute Gasteiger partial charge is 0.270 e. The monoisotopic (exact) mass is 426 g/mol. The van der Waals surface area contributed by atoms with E-state index >= 15 is 0 Å². The average molecular weight is 426 g/mol. The third kappa shape index (κ3) is 3.11. The number of nitrogens with zero attached hydrogens (tertiary/aromatic N) is 5. The minimum atomic E-state index is -3.62. The summed E-state index contributed by atoms with van der Waals surface area (Å²) in [7, 11) is -3.62. The van der Waals surface area contributed by atoms with Gasteiger partial charge in [0.05, 0.1) is 27.3 Å². The average Bonchev–Trinajstić information content (AvgIpc) is 3.45. The highest BCUT2D eigenvalue weighted by Crippen LogP contribution is 2.39. The molecule has 11 heteroatoms. The molecule has 1 aliphatic rings. The van der Waals surface area contributed by atoms with E-state index in [1.807, 2.05) is 16.7 Å². The number of aromatic nitrogens is 5. The molecule has 0 saturated heterocycles. The van der Waals surface area contributed by atoms with Gasteiger partial charge in [0.2, 0.25) is 0 Å². The second kappa shape index (κ2) is 6.87. The van der Waals surface area contributed by atoms with Crippen LogP contribution in [-0.2, 0) is 9.84 Å². The Hall–Kier alpha value is -3.34. The van der Waals surface area contributed by atoms with E-state index in [2.05, 4.69) is 20.2 Å². The van der Waals surface area contributed by atoms with Crippen LogP contribution >= 0.6 is 0 Å². The van der Waals surface area contributed by atoms with Gasteiger partial charge in [-0.05, 0) is 37.3 Å². The molecule has 5 rings (SSSR count). The number of hydrogen-bond acceptors (Lipinski definition) is 7. The van der Waals surface area contributed by atoms with Gasteiger partial charge < -0.3 is 4.98 Å². The first-order chi connectivity index (χ1) is 14.4. The molecule has 4 aromatic rings. The van der Waals surface area contributed by atoms with Gasteiger partial charge in [-0.1, -0.05) is 6.07 Å². The van der Waals surface area contributed by atoms with Crippen molar-refractivity contribution in [3.63, 3.8) is 0 Å². The van der Waals surface area contributed by atoms with Crippen LogP contribution in [0.5, 0.6) is 0 Å². The number of sulfone groups is 1. The van der Waals surface area contributed by atoms with Gasteiger partial charge in [-0.2, -0.15) is 0 Å². The van der Waals surface area contributed by atoms with Gasteiger partial charge >= 0.3 is 0 Å². The largest absolute Gasteiger partial charge is 0.345 e. The van der Waals surface area contributed by atoms with Crippen LogP contribution in [0.1, 0.15) is 31.0 Å². The number of fused-ring (bicyclic) bond motifs is 3. The summed E-state index contributed by atoms with van der Waals surface area (Å²) in [6, 6.07) is 7.15. The normalized spacial score (nSPS) is 19.6. The highest BCUT2D eigenvalue weighted by Gasteiger charge is 2.33. The van der Waals surface area contributed by atoms with Crippen LogP contribution in [0.25, 0.3) is 16.8 Å². The number of nitrogens with one attached hydrogen (secondary N) is 1. The van der Waals surface area contributed by atoms with Crippen molar-refractivity contribution in [1.29, 1.82) is 0 Å². The van der Waals surface area contributed by atoms with Crippen LogP contribution in [0.4, 0.5) is 5.69 Å². The van der Waals surface area contributed by atoms with Crippen molar-refractivity contribution in [2.24, 2.45) is 5.92 Å². The quantitative estimate of drug-likeness (QED) is 0.383. The fourth-order valence-corrected chi connectivity index (χ4v) is 6.02. The van der Waals surface area contributed by atoms with Gasteiger partial charge in [0.25, 0.3) is 5.69 Å². The maximum Gasteiger partial charge on any atom is 0.270 e. The highest BCUT2D eigenvalue weighted by atomic mass is 32.2. The van der Waals surface area contributed by atoms with Crippen LogP contribution in [0, 0.1) is 16.0 Å². The minimum Gasteiger partial charge on any atom is -0.345 e. The molecule has 0 unspecified atom stereocenters. The number of benzene rings is 1. The van der Waals surface area contributed by atoms with Crippen molar-refractivity contribution in [2.45, 2.75) is 30.1 Å². The molecule has 0 aliphatic heterocycles. The van der Waals surface area contributed by atoms with Gasteiger partial charge in [0.1, 0.15) is 5.82 Å². The number of H-pyrrole nitrogens is 1. The minimum absolute atomic E-state index is 0.00631. The summed E-state index contributed by atoms with van der Waals surface area (Å²) in [4.78, 5) is 17.8. The Balaban J connectivity index is 1.39. The second-order valence-electron chi connectivity index (χ2n) is 7.63. The van der Waals surface area contributed by atoms with Crippen LogP contribution < -0.4 is 0 Å². The lowest BCUT2D eigenvalue weighted by Gasteiger charge is -2.12. The zero-order valence-corrected chi connectivity index (χ0v) is 16.6. The van der Waals surface area contributed by atoms with Gasteiger partial charge in [-0.15, -0.1) is 10.2 Å². The Morgan fingerprint density at radius 1 is 1.23 bits per heavy atom. The Labute approximate surface area is 171 Å². The molecule has 3 heterocycles. The summed E-state index contributed by atoms with van der Waals surface area (Å²) < 4.78 is 27.7. The van der Waals surface area contributed by atoms with Crippen molar-refractivity contribution in [3.8, 4) is 0 Å². The zero-order valence-electron chi connectivity index (χ0n) is 15.8. The molecule has 1 saturated carbocycles. The first-order valence-electron chi connectivity index (χ1n) is 9.57. The van der Waals surface area contributed by atoms with Crippen LogP contribution in [-0.4, -0.2) is 43.7 Å². The molecular weight excluding hydrogens is 408 g/mol. The van der Waals surface area contributed by atoms with Crippen LogP contribution in [0.2, 0.25) is 0 Å². The van der Waals surface area contributed by atoms with E-state index in [-0.39, 0.29) is 28.2 Å². The van der Waals surface area contributed by atoms with Gasteiger partial charge in [0, 0.05) is 24.2 Å². The number of nitro benzene ring substituents is 1. The van der Waals surface area contributed by atoms with E-state index in [9.17, 15) is 18.5 Å². The summed E-state index contributed by atoms with van der Waals surface area (Å²) in [5.41, 5.74) is 2.07. The Morgan fingerprint density at radius 3 is 2.93 bits per heavy atom. The molecule has 0 amide bonds. The molecule has 10 nitrogen and oxygen atoms in total. The number of rotatable bonds is 5. The van der Waals surface area contributed by atoms with Crippen molar-refractivity contribution >= 4 is 32.3 Å². The van der Waals surface area contributed by atoms with Gasteiger partial charge in [0.15, 0.2) is 21.1 Å². The lowest BCUT2D eigenvalue weighted by Crippen LogP contribution is -2.15. The predicted molar refractivity (Wildman–Crippen MR) is 108 cm³/mol. The van der Waals surface area contributed by atoms with Crippen LogP contribution in [0.15, 0.2) is 47.6 Å². The predicted octanol–water partition coefficient (Wildman–Crippen LogP) is 2.87. The van der Waals surface area contributed by atoms with E-state index in [0.29, 0.717) is 12.1 Å². The molecule has 1 aliphatic carbocycles. The highest BCUT2D eigenvalue weighted by molar-refractivity contribution is 7.91. The zero-order chi connectivity index (χ0) is 20.9. The summed E-state index contributed by atoms with van der Waals surface area (Å²) in [6.07, 6.45) is 5.70. The molecule has 1 N–H and O–H groups in total. The SMILES string of the molecule is O=[N+]([O-])c1cccc(S(=O)(=O)C[C@H]2CC[C@@H](c3nnc4cnc5[nH]ccc5n34)C2)c1. The van der Waals surface area contributed by atoms with Crippen molar-refractivity contribution in [1.82, 2.24) is 24.6 Å². The molecule has 0 bridgehead atoms. The maximum atomic E-state index is 12.8. The molecule has 0 radical (unpaired) electrons.